The monoisotopic (exact) mass is 506 g/mol. The fourth-order valence-corrected chi connectivity index (χ4v) is 5.29. The average molecular weight is 507 g/mol. The van der Waals surface area contributed by atoms with Gasteiger partial charge in [-0.3, -0.25) is 9.59 Å². The first-order chi connectivity index (χ1) is 18.1. The maximum Gasteiger partial charge on any atom is 0.239 e. The van der Waals surface area contributed by atoms with Crippen molar-refractivity contribution in [2.75, 3.05) is 26.2 Å². The molecule has 0 spiro atoms. The summed E-state index contributed by atoms with van der Waals surface area (Å²) in [5.74, 6) is 0.432. The van der Waals surface area contributed by atoms with Gasteiger partial charge in [-0.1, -0.05) is 87.4 Å². The van der Waals surface area contributed by atoms with Crippen molar-refractivity contribution in [1.29, 1.82) is 0 Å². The lowest BCUT2D eigenvalue weighted by Crippen LogP contribution is -2.49. The van der Waals surface area contributed by atoms with Crippen LogP contribution in [0, 0.1) is 5.92 Å². The maximum atomic E-state index is 13.7. The third kappa shape index (κ3) is 8.68. The highest BCUT2D eigenvalue weighted by molar-refractivity contribution is 5.82. The van der Waals surface area contributed by atoms with Crippen LogP contribution in [0.1, 0.15) is 75.8 Å². The summed E-state index contributed by atoms with van der Waals surface area (Å²) >= 11 is 0. The van der Waals surface area contributed by atoms with Crippen LogP contribution in [0.5, 0.6) is 0 Å². The molecule has 1 saturated heterocycles. The van der Waals surface area contributed by atoms with E-state index in [1.807, 2.05) is 17.0 Å². The lowest BCUT2D eigenvalue weighted by atomic mass is 9.90. The molecule has 0 bridgehead atoms. The van der Waals surface area contributed by atoms with Crippen LogP contribution in [-0.2, 0) is 9.59 Å². The second-order valence-electron chi connectivity index (χ2n) is 10.3. The molecule has 0 saturated carbocycles. The first-order valence-corrected chi connectivity index (χ1v) is 14.2. The fourth-order valence-electron chi connectivity index (χ4n) is 5.29. The minimum absolute atomic E-state index is 0.0521. The number of rotatable bonds is 14. The van der Waals surface area contributed by atoms with Gasteiger partial charge in [0.15, 0.2) is 0 Å². The summed E-state index contributed by atoms with van der Waals surface area (Å²) in [6, 6.07) is 20.6. The zero-order chi connectivity index (χ0) is 26.5. The highest BCUT2D eigenvalue weighted by Gasteiger charge is 2.32. The number of unbranched alkanes of at least 4 members (excludes halogenated alkanes) is 1. The molecule has 0 aromatic heterocycles. The molecule has 1 heterocycles. The number of hydrogen-bond donors (Lipinski definition) is 3. The van der Waals surface area contributed by atoms with E-state index in [4.69, 9.17) is 5.73 Å². The van der Waals surface area contributed by atoms with Crippen LogP contribution in [0.4, 0.5) is 0 Å². The molecule has 6 nitrogen and oxygen atoms in total. The summed E-state index contributed by atoms with van der Waals surface area (Å²) in [5.41, 5.74) is 8.22. The van der Waals surface area contributed by atoms with Crippen molar-refractivity contribution >= 4 is 11.8 Å². The molecule has 202 valence electrons. The Kier molecular flexibility index (Phi) is 12.1. The third-order valence-electron chi connectivity index (χ3n) is 7.59. The molecule has 1 aliphatic heterocycles. The van der Waals surface area contributed by atoms with Gasteiger partial charge in [0, 0.05) is 37.5 Å². The highest BCUT2D eigenvalue weighted by Crippen LogP contribution is 2.27. The van der Waals surface area contributed by atoms with Crippen LogP contribution in [0.15, 0.2) is 60.7 Å². The summed E-state index contributed by atoms with van der Waals surface area (Å²) in [5, 5.41) is 6.76. The van der Waals surface area contributed by atoms with Crippen LogP contribution < -0.4 is 16.4 Å². The number of nitrogens with two attached hydrogens (primary N) is 1. The molecule has 1 aliphatic rings. The van der Waals surface area contributed by atoms with Gasteiger partial charge in [0.25, 0.3) is 0 Å². The molecule has 6 heteroatoms. The van der Waals surface area contributed by atoms with Crippen molar-refractivity contribution < 1.29 is 9.59 Å². The molecule has 0 aliphatic carbocycles. The second kappa shape index (κ2) is 15.5. The second-order valence-corrected chi connectivity index (χ2v) is 10.3. The fraction of sp³-hybridized carbons (Fsp3) is 0.548. The van der Waals surface area contributed by atoms with Crippen LogP contribution in [0.2, 0.25) is 0 Å². The number of benzene rings is 2. The Labute approximate surface area is 223 Å². The summed E-state index contributed by atoms with van der Waals surface area (Å²) in [7, 11) is 0. The first kappa shape index (κ1) is 28.9. The van der Waals surface area contributed by atoms with E-state index < -0.39 is 0 Å². The molecule has 37 heavy (non-hydrogen) atoms. The molecule has 3 atom stereocenters. The van der Waals surface area contributed by atoms with Crippen LogP contribution in [0.3, 0.4) is 0 Å². The summed E-state index contributed by atoms with van der Waals surface area (Å²) in [6.07, 6.45) is 6.24. The van der Waals surface area contributed by atoms with Gasteiger partial charge in [-0.15, -0.1) is 0 Å². The molecule has 4 N–H and O–H groups in total. The van der Waals surface area contributed by atoms with E-state index in [-0.39, 0.29) is 35.7 Å². The molecular weight excluding hydrogens is 460 g/mol. The summed E-state index contributed by atoms with van der Waals surface area (Å²) < 4.78 is 0. The minimum Gasteiger partial charge on any atom is -0.354 e. The van der Waals surface area contributed by atoms with E-state index in [2.05, 4.69) is 73.0 Å². The van der Waals surface area contributed by atoms with Gasteiger partial charge in [-0.05, 0) is 49.8 Å². The predicted molar refractivity (Wildman–Crippen MR) is 151 cm³/mol. The molecule has 1 fully saturated rings. The summed E-state index contributed by atoms with van der Waals surface area (Å²) in [4.78, 5) is 28.6. The van der Waals surface area contributed by atoms with Crippen LogP contribution >= 0.6 is 0 Å². The lowest BCUT2D eigenvalue weighted by molar-refractivity contribution is -0.133. The molecular formula is C31H46N4O2. The van der Waals surface area contributed by atoms with Gasteiger partial charge in [0.1, 0.15) is 0 Å². The van der Waals surface area contributed by atoms with Crippen molar-refractivity contribution in [1.82, 2.24) is 15.5 Å². The highest BCUT2D eigenvalue weighted by atomic mass is 16.2. The van der Waals surface area contributed by atoms with E-state index in [9.17, 15) is 9.59 Å². The van der Waals surface area contributed by atoms with Gasteiger partial charge >= 0.3 is 0 Å². The van der Waals surface area contributed by atoms with E-state index in [0.29, 0.717) is 32.6 Å². The lowest BCUT2D eigenvalue weighted by Gasteiger charge is -2.29. The van der Waals surface area contributed by atoms with E-state index in [1.165, 1.54) is 11.1 Å². The summed E-state index contributed by atoms with van der Waals surface area (Å²) in [6.45, 7) is 6.63. The zero-order valence-electron chi connectivity index (χ0n) is 22.7. The number of carbonyl (C=O) groups is 2. The standard InChI is InChI=1S/C31H46N4O2/c1-3-5-13-24(4-2)30(36)33-22-27-19-21-35(31(37)29(34-27)18-12-20-32)23-28(25-14-8-6-9-15-25)26-16-10-7-11-17-26/h6-11,14-17,24,27-29,34H,3-5,12-13,18-23,32H2,1-2H3,(H,33,36)/t24?,27-,29-/m0/s1. The Morgan fingerprint density at radius 1 is 1.05 bits per heavy atom. The van der Waals surface area contributed by atoms with Crippen molar-refractivity contribution in [2.24, 2.45) is 11.7 Å². The molecule has 2 amide bonds. The Bertz CT molecular complexity index is 897. The van der Waals surface area contributed by atoms with Gasteiger partial charge in [0.05, 0.1) is 6.04 Å². The molecule has 0 radical (unpaired) electrons. The number of nitrogens with zero attached hydrogens (tertiary/aromatic N) is 1. The SMILES string of the molecule is CCCCC(CC)C(=O)NC[C@@H]1CCN(CC(c2ccccc2)c2ccccc2)C(=O)[C@H](CCCN)N1. The van der Waals surface area contributed by atoms with Crippen molar-refractivity contribution in [3.05, 3.63) is 71.8 Å². The quantitative estimate of drug-likeness (QED) is 0.353. The smallest absolute Gasteiger partial charge is 0.239 e. The Balaban J connectivity index is 1.73. The van der Waals surface area contributed by atoms with Crippen molar-refractivity contribution in [2.45, 2.75) is 76.8 Å². The Morgan fingerprint density at radius 3 is 2.27 bits per heavy atom. The normalized spacial score (nSPS) is 19.0. The van der Waals surface area contributed by atoms with E-state index >= 15 is 0 Å². The number of hydrogen-bond acceptors (Lipinski definition) is 4. The zero-order valence-corrected chi connectivity index (χ0v) is 22.7. The van der Waals surface area contributed by atoms with E-state index in [1.54, 1.807) is 0 Å². The van der Waals surface area contributed by atoms with Crippen LogP contribution in [-0.4, -0.2) is 55.0 Å². The maximum absolute atomic E-state index is 13.7. The number of carbonyl (C=O) groups excluding carboxylic acids is 2. The minimum atomic E-state index is -0.290. The topological polar surface area (TPSA) is 87.5 Å². The third-order valence-corrected chi connectivity index (χ3v) is 7.59. The first-order valence-electron chi connectivity index (χ1n) is 14.2. The average Bonchev–Trinajstić information content (AvgIpc) is 3.08. The molecule has 2 aromatic rings. The molecule has 2 aromatic carbocycles. The molecule has 3 rings (SSSR count). The van der Waals surface area contributed by atoms with Crippen molar-refractivity contribution in [3.8, 4) is 0 Å². The van der Waals surface area contributed by atoms with E-state index in [0.717, 1.165) is 38.5 Å². The number of nitrogens with one attached hydrogen (secondary N) is 2. The Hall–Kier alpha value is -2.70. The van der Waals surface area contributed by atoms with Gasteiger partial charge in [0.2, 0.25) is 11.8 Å². The Morgan fingerprint density at radius 2 is 1.70 bits per heavy atom. The van der Waals surface area contributed by atoms with Gasteiger partial charge < -0.3 is 21.3 Å². The van der Waals surface area contributed by atoms with Gasteiger partial charge in [-0.2, -0.15) is 0 Å². The van der Waals surface area contributed by atoms with Gasteiger partial charge in [-0.25, -0.2) is 0 Å². The number of amides is 2. The van der Waals surface area contributed by atoms with Crippen LogP contribution in [0.25, 0.3) is 0 Å². The predicted octanol–water partition coefficient (Wildman–Crippen LogP) is 4.45. The van der Waals surface area contributed by atoms with Crippen molar-refractivity contribution in [3.63, 3.8) is 0 Å². The molecule has 1 unspecified atom stereocenters. The largest absolute Gasteiger partial charge is 0.354 e.